The topological polar surface area (TPSA) is 79.3 Å². The molecule has 1 heterocycles. The Balaban J connectivity index is 1.97. The Morgan fingerprint density at radius 1 is 1.35 bits per heavy atom. The Bertz CT molecular complexity index is 481. The fourth-order valence-corrected chi connectivity index (χ4v) is 2.85. The highest BCUT2D eigenvalue weighted by Crippen LogP contribution is 2.41. The fraction of sp³-hybridized carbons (Fsp3) is 0.533. The molecular weight excluding hydrogens is 256 g/mol. The summed E-state index contributed by atoms with van der Waals surface area (Å²) in [5.41, 5.74) is 0.103. The van der Waals surface area contributed by atoms with E-state index in [4.69, 9.17) is 0 Å². The molecular formula is C15H20N2O3. The van der Waals surface area contributed by atoms with Crippen molar-refractivity contribution < 1.29 is 14.7 Å². The van der Waals surface area contributed by atoms with Crippen molar-refractivity contribution in [2.75, 3.05) is 0 Å². The largest absolute Gasteiger partial charge is 0.481 e. The summed E-state index contributed by atoms with van der Waals surface area (Å²) in [5.74, 6) is -1.04. The molecule has 1 aliphatic rings. The Morgan fingerprint density at radius 3 is 2.50 bits per heavy atom. The van der Waals surface area contributed by atoms with Crippen molar-refractivity contribution in [1.29, 1.82) is 0 Å². The van der Waals surface area contributed by atoms with Gasteiger partial charge in [-0.1, -0.05) is 12.8 Å². The molecule has 2 rings (SSSR count). The van der Waals surface area contributed by atoms with Gasteiger partial charge in [0.25, 0.3) is 0 Å². The normalized spacial score (nSPS) is 18.4. The van der Waals surface area contributed by atoms with Crippen LogP contribution < -0.4 is 5.32 Å². The Morgan fingerprint density at radius 2 is 1.95 bits per heavy atom. The van der Waals surface area contributed by atoms with Gasteiger partial charge < -0.3 is 10.4 Å². The zero-order chi connectivity index (χ0) is 14.6. The van der Waals surface area contributed by atoms with Crippen LogP contribution in [0.5, 0.6) is 0 Å². The summed E-state index contributed by atoms with van der Waals surface area (Å²) in [6.07, 6.45) is 6.39. The lowest BCUT2D eigenvalue weighted by molar-refractivity contribution is -0.151. The van der Waals surface area contributed by atoms with E-state index in [0.29, 0.717) is 12.8 Å². The second-order valence-electron chi connectivity index (χ2n) is 5.54. The molecule has 1 atom stereocenters. The third kappa shape index (κ3) is 3.15. The van der Waals surface area contributed by atoms with Crippen LogP contribution in [0.25, 0.3) is 0 Å². The number of aromatic nitrogens is 1. The molecule has 0 saturated heterocycles. The minimum absolute atomic E-state index is 0.0672. The van der Waals surface area contributed by atoms with E-state index >= 15 is 0 Å². The number of hydrogen-bond acceptors (Lipinski definition) is 3. The van der Waals surface area contributed by atoms with Crippen LogP contribution in [0, 0.1) is 5.41 Å². The fourth-order valence-electron chi connectivity index (χ4n) is 2.85. The van der Waals surface area contributed by atoms with Gasteiger partial charge in [0.2, 0.25) is 5.91 Å². The number of carbonyl (C=O) groups excluding carboxylic acids is 1. The number of carboxylic acid groups (broad SMARTS) is 1. The molecule has 0 bridgehead atoms. The molecule has 0 unspecified atom stereocenters. The molecule has 0 radical (unpaired) electrons. The van der Waals surface area contributed by atoms with Crippen LogP contribution in [0.1, 0.15) is 50.6 Å². The predicted octanol–water partition coefficient (Wildman–Crippen LogP) is 2.29. The van der Waals surface area contributed by atoms with Crippen molar-refractivity contribution in [3.05, 3.63) is 30.1 Å². The third-order valence-electron chi connectivity index (χ3n) is 4.10. The van der Waals surface area contributed by atoms with Crippen molar-refractivity contribution in [2.24, 2.45) is 5.41 Å². The third-order valence-corrected chi connectivity index (χ3v) is 4.10. The Labute approximate surface area is 118 Å². The van der Waals surface area contributed by atoms with Gasteiger partial charge in [-0.2, -0.15) is 0 Å². The summed E-state index contributed by atoms with van der Waals surface area (Å²) in [5, 5.41) is 12.2. The Kier molecular flexibility index (Phi) is 4.37. The number of rotatable bonds is 5. The van der Waals surface area contributed by atoms with E-state index in [1.54, 1.807) is 12.4 Å². The standard InChI is InChI=1S/C15H20N2O3/c1-11(12-4-8-16-9-5-12)17-13(18)10-15(14(19)20)6-2-3-7-15/h4-5,8-9,11H,2-3,6-7,10H2,1H3,(H,17,18)(H,19,20)/t11-/m1/s1. The van der Waals surface area contributed by atoms with Gasteiger partial charge in [-0.05, 0) is 37.5 Å². The maximum atomic E-state index is 12.1. The molecule has 0 aliphatic heterocycles. The smallest absolute Gasteiger partial charge is 0.310 e. The number of pyridine rings is 1. The summed E-state index contributed by atoms with van der Waals surface area (Å²) in [6.45, 7) is 1.88. The highest BCUT2D eigenvalue weighted by atomic mass is 16.4. The van der Waals surface area contributed by atoms with Gasteiger partial charge in [-0.25, -0.2) is 0 Å². The van der Waals surface area contributed by atoms with Crippen LogP contribution in [-0.4, -0.2) is 22.0 Å². The van der Waals surface area contributed by atoms with Gasteiger partial charge in [0, 0.05) is 18.8 Å². The highest BCUT2D eigenvalue weighted by molar-refractivity contribution is 5.85. The monoisotopic (exact) mass is 276 g/mol. The maximum Gasteiger partial charge on any atom is 0.310 e. The van der Waals surface area contributed by atoms with Gasteiger partial charge in [0.1, 0.15) is 0 Å². The van der Waals surface area contributed by atoms with Crippen molar-refractivity contribution >= 4 is 11.9 Å². The van der Waals surface area contributed by atoms with Crippen LogP contribution in [0.4, 0.5) is 0 Å². The molecule has 0 spiro atoms. The Hall–Kier alpha value is -1.91. The van der Waals surface area contributed by atoms with Gasteiger partial charge >= 0.3 is 5.97 Å². The quantitative estimate of drug-likeness (QED) is 0.864. The maximum absolute atomic E-state index is 12.1. The minimum atomic E-state index is -0.859. The molecule has 1 saturated carbocycles. The number of carbonyl (C=O) groups is 2. The number of carboxylic acids is 1. The number of hydrogen-bond donors (Lipinski definition) is 2. The van der Waals surface area contributed by atoms with Gasteiger partial charge in [-0.15, -0.1) is 0 Å². The number of aliphatic carboxylic acids is 1. The molecule has 5 nitrogen and oxygen atoms in total. The van der Waals surface area contributed by atoms with Gasteiger partial charge in [0.05, 0.1) is 11.5 Å². The summed E-state index contributed by atoms with van der Waals surface area (Å²) in [4.78, 5) is 27.5. The first-order valence-corrected chi connectivity index (χ1v) is 6.96. The first-order chi connectivity index (χ1) is 9.53. The van der Waals surface area contributed by atoms with E-state index in [0.717, 1.165) is 18.4 Å². The molecule has 1 aromatic heterocycles. The lowest BCUT2D eigenvalue weighted by atomic mass is 9.82. The summed E-state index contributed by atoms with van der Waals surface area (Å²) >= 11 is 0. The van der Waals surface area contributed by atoms with E-state index in [1.807, 2.05) is 19.1 Å². The van der Waals surface area contributed by atoms with Crippen LogP contribution >= 0.6 is 0 Å². The van der Waals surface area contributed by atoms with Crippen molar-refractivity contribution in [1.82, 2.24) is 10.3 Å². The lowest BCUT2D eigenvalue weighted by Crippen LogP contribution is -2.36. The average Bonchev–Trinajstić information content (AvgIpc) is 2.89. The number of nitrogens with one attached hydrogen (secondary N) is 1. The zero-order valence-corrected chi connectivity index (χ0v) is 11.6. The van der Waals surface area contributed by atoms with E-state index in [2.05, 4.69) is 10.3 Å². The predicted molar refractivity (Wildman–Crippen MR) is 73.9 cm³/mol. The molecule has 1 fully saturated rings. The van der Waals surface area contributed by atoms with Crippen molar-refractivity contribution in [3.8, 4) is 0 Å². The van der Waals surface area contributed by atoms with E-state index in [1.165, 1.54) is 0 Å². The molecule has 108 valence electrons. The molecule has 0 aromatic carbocycles. The van der Waals surface area contributed by atoms with Crippen LogP contribution in [0.15, 0.2) is 24.5 Å². The second-order valence-corrected chi connectivity index (χ2v) is 5.54. The van der Waals surface area contributed by atoms with E-state index in [9.17, 15) is 14.7 Å². The highest BCUT2D eigenvalue weighted by Gasteiger charge is 2.43. The summed E-state index contributed by atoms with van der Waals surface area (Å²) < 4.78 is 0. The zero-order valence-electron chi connectivity index (χ0n) is 11.6. The minimum Gasteiger partial charge on any atom is -0.481 e. The number of amides is 1. The SMILES string of the molecule is C[C@@H](NC(=O)CC1(C(=O)O)CCCC1)c1ccncc1. The molecule has 1 aromatic rings. The van der Waals surface area contributed by atoms with Crippen LogP contribution in [0.2, 0.25) is 0 Å². The lowest BCUT2D eigenvalue weighted by Gasteiger charge is -2.24. The molecule has 2 N–H and O–H groups in total. The number of nitrogens with zero attached hydrogens (tertiary/aromatic N) is 1. The summed E-state index contributed by atoms with van der Waals surface area (Å²) in [7, 11) is 0. The van der Waals surface area contributed by atoms with Crippen molar-refractivity contribution in [2.45, 2.75) is 45.1 Å². The van der Waals surface area contributed by atoms with Crippen LogP contribution in [0.3, 0.4) is 0 Å². The second kappa shape index (κ2) is 6.03. The van der Waals surface area contributed by atoms with Gasteiger partial charge in [0.15, 0.2) is 0 Å². The van der Waals surface area contributed by atoms with Crippen molar-refractivity contribution in [3.63, 3.8) is 0 Å². The van der Waals surface area contributed by atoms with Crippen LogP contribution in [-0.2, 0) is 9.59 Å². The molecule has 20 heavy (non-hydrogen) atoms. The molecule has 1 aliphatic carbocycles. The van der Waals surface area contributed by atoms with E-state index < -0.39 is 11.4 Å². The first-order valence-electron chi connectivity index (χ1n) is 6.96. The van der Waals surface area contributed by atoms with E-state index in [-0.39, 0.29) is 18.4 Å². The van der Waals surface area contributed by atoms with Gasteiger partial charge in [-0.3, -0.25) is 14.6 Å². The summed E-state index contributed by atoms with van der Waals surface area (Å²) in [6, 6.07) is 3.54. The molecule has 5 heteroatoms. The molecule has 1 amide bonds. The average molecular weight is 276 g/mol. The first kappa shape index (κ1) is 14.5.